The first-order valence-corrected chi connectivity index (χ1v) is 4.36. The molecule has 0 fully saturated rings. The lowest BCUT2D eigenvalue weighted by Gasteiger charge is -2.08. The van der Waals surface area contributed by atoms with E-state index in [-0.39, 0.29) is 5.70 Å². The Bertz CT molecular complexity index is 443. The van der Waals surface area contributed by atoms with E-state index >= 15 is 0 Å². The highest BCUT2D eigenvalue weighted by Crippen LogP contribution is 2.15. The highest BCUT2D eigenvalue weighted by molar-refractivity contribution is 5.75. The third-order valence-electron chi connectivity index (χ3n) is 1.93. The molecular weight excluding hydrogens is 190 g/mol. The summed E-state index contributed by atoms with van der Waals surface area (Å²) in [6.07, 6.45) is 0.567. The van der Waals surface area contributed by atoms with Gasteiger partial charge in [0, 0.05) is 5.70 Å². The summed E-state index contributed by atoms with van der Waals surface area (Å²) in [7, 11) is 0. The maximum Gasteiger partial charge on any atom is 0.167 e. The molecule has 0 aliphatic heterocycles. The average Bonchev–Trinajstić information content (AvgIpc) is 2.28. The van der Waals surface area contributed by atoms with Gasteiger partial charge in [-0.2, -0.15) is 5.26 Å². The van der Waals surface area contributed by atoms with Crippen molar-refractivity contribution in [3.8, 4) is 6.07 Å². The number of nitrogens with zero attached hydrogens (tertiary/aromatic N) is 1. The standard InChI is InChI=1S/C11H11N3O/c1-8(10(13)7-15)14-11-5-3-2-4-9(11)6-12/h2-5,7,14H,13H2,1H3/b10-8-. The maximum atomic E-state index is 10.4. The summed E-state index contributed by atoms with van der Waals surface area (Å²) < 4.78 is 0. The van der Waals surface area contributed by atoms with E-state index in [2.05, 4.69) is 5.32 Å². The molecule has 0 amide bonds. The minimum Gasteiger partial charge on any atom is -0.395 e. The number of benzene rings is 1. The number of hydrogen-bond acceptors (Lipinski definition) is 4. The topological polar surface area (TPSA) is 78.9 Å². The molecule has 0 bridgehead atoms. The van der Waals surface area contributed by atoms with Crippen molar-refractivity contribution in [3.05, 3.63) is 41.2 Å². The van der Waals surface area contributed by atoms with E-state index in [1.807, 2.05) is 6.07 Å². The zero-order chi connectivity index (χ0) is 11.3. The third-order valence-corrected chi connectivity index (χ3v) is 1.93. The number of para-hydroxylation sites is 1. The molecule has 3 N–H and O–H groups in total. The van der Waals surface area contributed by atoms with Crippen LogP contribution in [0.2, 0.25) is 0 Å². The Labute approximate surface area is 88.0 Å². The molecule has 4 heteroatoms. The number of anilines is 1. The highest BCUT2D eigenvalue weighted by atomic mass is 16.1. The molecule has 0 spiro atoms. The SMILES string of the molecule is C/C(Nc1ccccc1C#N)=C(/N)C=O. The number of allylic oxidation sites excluding steroid dienone is 2. The van der Waals surface area contributed by atoms with E-state index in [0.29, 0.717) is 23.2 Å². The van der Waals surface area contributed by atoms with Crippen LogP contribution in [0.15, 0.2) is 35.7 Å². The molecule has 0 saturated carbocycles. The number of nitriles is 1. The minimum absolute atomic E-state index is 0.128. The number of nitrogens with one attached hydrogen (secondary N) is 1. The summed E-state index contributed by atoms with van der Waals surface area (Å²) in [5, 5.41) is 11.7. The van der Waals surface area contributed by atoms with Gasteiger partial charge in [0.1, 0.15) is 6.07 Å². The second-order valence-corrected chi connectivity index (χ2v) is 2.98. The number of carbonyl (C=O) groups is 1. The largest absolute Gasteiger partial charge is 0.395 e. The van der Waals surface area contributed by atoms with E-state index in [1.165, 1.54) is 0 Å². The zero-order valence-corrected chi connectivity index (χ0v) is 8.32. The molecule has 0 unspecified atom stereocenters. The molecule has 15 heavy (non-hydrogen) atoms. The summed E-state index contributed by atoms with van der Waals surface area (Å²) in [5.74, 6) is 0. The Morgan fingerprint density at radius 3 is 2.80 bits per heavy atom. The van der Waals surface area contributed by atoms with Crippen LogP contribution < -0.4 is 11.1 Å². The van der Waals surface area contributed by atoms with Crippen molar-refractivity contribution in [2.24, 2.45) is 5.73 Å². The Hall–Kier alpha value is -2.28. The van der Waals surface area contributed by atoms with Crippen molar-refractivity contribution in [2.75, 3.05) is 5.32 Å². The van der Waals surface area contributed by atoms with Crippen LogP contribution in [0.5, 0.6) is 0 Å². The number of carbonyl (C=O) groups excluding carboxylic acids is 1. The van der Waals surface area contributed by atoms with Crippen molar-refractivity contribution in [1.29, 1.82) is 5.26 Å². The molecule has 0 radical (unpaired) electrons. The number of nitrogens with two attached hydrogens (primary N) is 1. The summed E-state index contributed by atoms with van der Waals surface area (Å²) in [5.41, 5.74) is 7.24. The minimum atomic E-state index is 0.128. The summed E-state index contributed by atoms with van der Waals surface area (Å²) in [6, 6.07) is 9.05. The van der Waals surface area contributed by atoms with Gasteiger partial charge >= 0.3 is 0 Å². The second-order valence-electron chi connectivity index (χ2n) is 2.98. The number of rotatable bonds is 3. The number of aldehydes is 1. The molecule has 1 rings (SSSR count). The first-order valence-electron chi connectivity index (χ1n) is 4.36. The van der Waals surface area contributed by atoms with Crippen LogP contribution in [-0.2, 0) is 4.79 Å². The fourth-order valence-electron chi connectivity index (χ4n) is 1.05. The lowest BCUT2D eigenvalue weighted by molar-refractivity contribution is -0.105. The van der Waals surface area contributed by atoms with E-state index in [0.717, 1.165) is 0 Å². The van der Waals surface area contributed by atoms with E-state index in [1.54, 1.807) is 31.2 Å². The molecule has 1 aromatic rings. The first-order chi connectivity index (χ1) is 7.19. The van der Waals surface area contributed by atoms with Crippen molar-refractivity contribution in [3.63, 3.8) is 0 Å². The molecule has 0 atom stereocenters. The Morgan fingerprint density at radius 2 is 2.20 bits per heavy atom. The molecule has 4 nitrogen and oxygen atoms in total. The van der Waals surface area contributed by atoms with Crippen LogP contribution >= 0.6 is 0 Å². The molecule has 0 aliphatic rings. The normalized spacial score (nSPS) is 11.2. The lowest BCUT2D eigenvalue weighted by Crippen LogP contribution is -2.08. The molecule has 0 heterocycles. The van der Waals surface area contributed by atoms with Crippen LogP contribution in [0.3, 0.4) is 0 Å². The van der Waals surface area contributed by atoms with Gasteiger partial charge in [-0.15, -0.1) is 0 Å². The van der Waals surface area contributed by atoms with Gasteiger partial charge in [-0.25, -0.2) is 0 Å². The monoisotopic (exact) mass is 201 g/mol. The molecule has 0 saturated heterocycles. The van der Waals surface area contributed by atoms with Crippen LogP contribution in [0.4, 0.5) is 5.69 Å². The van der Waals surface area contributed by atoms with Crippen LogP contribution in [0.1, 0.15) is 12.5 Å². The Kier molecular flexibility index (Phi) is 3.47. The van der Waals surface area contributed by atoms with Gasteiger partial charge in [-0.05, 0) is 19.1 Å². The summed E-state index contributed by atoms with van der Waals surface area (Å²) >= 11 is 0. The predicted molar refractivity (Wildman–Crippen MR) is 57.7 cm³/mol. The Morgan fingerprint density at radius 1 is 1.53 bits per heavy atom. The van der Waals surface area contributed by atoms with Gasteiger partial charge in [-0.3, -0.25) is 4.79 Å². The molecule has 1 aromatic carbocycles. The quantitative estimate of drug-likeness (QED) is 0.571. The third kappa shape index (κ3) is 2.58. The van der Waals surface area contributed by atoms with Crippen molar-refractivity contribution in [2.45, 2.75) is 6.92 Å². The van der Waals surface area contributed by atoms with Gasteiger partial charge < -0.3 is 11.1 Å². The van der Waals surface area contributed by atoms with Crippen LogP contribution in [0.25, 0.3) is 0 Å². The number of hydrogen-bond donors (Lipinski definition) is 2. The molecule has 76 valence electrons. The highest BCUT2D eigenvalue weighted by Gasteiger charge is 2.02. The van der Waals surface area contributed by atoms with E-state index in [9.17, 15) is 4.79 Å². The van der Waals surface area contributed by atoms with Crippen molar-refractivity contribution in [1.82, 2.24) is 0 Å². The van der Waals surface area contributed by atoms with Gasteiger partial charge in [0.2, 0.25) is 0 Å². The summed E-state index contributed by atoms with van der Waals surface area (Å²) in [6.45, 7) is 1.68. The first kappa shape index (κ1) is 10.8. The second kappa shape index (κ2) is 4.82. The van der Waals surface area contributed by atoms with E-state index in [4.69, 9.17) is 11.0 Å². The van der Waals surface area contributed by atoms with Gasteiger partial charge in [-0.1, -0.05) is 12.1 Å². The molecule has 0 aliphatic carbocycles. The molecule has 0 aromatic heterocycles. The maximum absolute atomic E-state index is 10.4. The van der Waals surface area contributed by atoms with Crippen molar-refractivity contribution >= 4 is 12.0 Å². The van der Waals surface area contributed by atoms with Crippen molar-refractivity contribution < 1.29 is 4.79 Å². The van der Waals surface area contributed by atoms with Gasteiger partial charge in [0.05, 0.1) is 16.9 Å². The predicted octanol–water partition coefficient (Wildman–Crippen LogP) is 1.36. The molecular formula is C11H11N3O. The van der Waals surface area contributed by atoms with Gasteiger partial charge in [0.15, 0.2) is 6.29 Å². The zero-order valence-electron chi connectivity index (χ0n) is 8.32. The smallest absolute Gasteiger partial charge is 0.167 e. The van der Waals surface area contributed by atoms with Crippen LogP contribution in [0, 0.1) is 11.3 Å². The van der Waals surface area contributed by atoms with Crippen LogP contribution in [-0.4, -0.2) is 6.29 Å². The van der Waals surface area contributed by atoms with Gasteiger partial charge in [0.25, 0.3) is 0 Å². The van der Waals surface area contributed by atoms with E-state index < -0.39 is 0 Å². The fourth-order valence-corrected chi connectivity index (χ4v) is 1.05. The average molecular weight is 201 g/mol. The Balaban J connectivity index is 3.01. The fraction of sp³-hybridized carbons (Fsp3) is 0.0909. The lowest BCUT2D eigenvalue weighted by atomic mass is 10.2. The summed E-state index contributed by atoms with van der Waals surface area (Å²) in [4.78, 5) is 10.4.